The molecule has 0 aliphatic rings. The molecule has 0 unspecified atom stereocenters. The monoisotopic (exact) mass is 212 g/mol. The van der Waals surface area contributed by atoms with Gasteiger partial charge in [-0.3, -0.25) is 15.2 Å². The number of ether oxygens (including phenoxy) is 1. The number of aromatic nitrogens is 3. The second-order valence-electron chi connectivity index (χ2n) is 2.63. The van der Waals surface area contributed by atoms with Gasteiger partial charge in [-0.25, -0.2) is 9.37 Å². The first-order valence-corrected chi connectivity index (χ1v) is 3.89. The highest BCUT2D eigenvalue weighted by molar-refractivity contribution is 5.82. The normalized spacial score (nSPS) is 10.5. The minimum Gasteiger partial charge on any atom is -0.444 e. The number of fused-ring (bicyclic) bond motifs is 1. The lowest BCUT2D eigenvalue weighted by Gasteiger charge is -1.95. The fraction of sp³-hybridized carbons (Fsp3) is 0.143. The van der Waals surface area contributed by atoms with Crippen molar-refractivity contribution in [3.05, 3.63) is 22.4 Å². The minimum absolute atomic E-state index is 0.0382. The summed E-state index contributed by atoms with van der Waals surface area (Å²) in [5.74, 6) is -0.0382. The van der Waals surface area contributed by atoms with Gasteiger partial charge in [0.1, 0.15) is 6.20 Å². The van der Waals surface area contributed by atoms with Crippen molar-refractivity contribution in [2.45, 2.75) is 0 Å². The van der Waals surface area contributed by atoms with Crippen molar-refractivity contribution in [1.29, 1.82) is 0 Å². The molecule has 2 rings (SSSR count). The smallest absolute Gasteiger partial charge is 0.288 e. The molecule has 0 bridgehead atoms. The summed E-state index contributed by atoms with van der Waals surface area (Å²) in [4.78, 5) is 13.6. The lowest BCUT2D eigenvalue weighted by molar-refractivity contribution is -0.385. The van der Waals surface area contributed by atoms with Gasteiger partial charge in [0.15, 0.2) is 5.65 Å². The molecule has 0 amide bonds. The second-order valence-corrected chi connectivity index (χ2v) is 2.63. The molecule has 2 aromatic heterocycles. The van der Waals surface area contributed by atoms with Crippen molar-refractivity contribution in [3.8, 4) is 5.88 Å². The summed E-state index contributed by atoms with van der Waals surface area (Å²) in [7, 11) is 0. The molecule has 0 aliphatic carbocycles. The van der Waals surface area contributed by atoms with Crippen LogP contribution < -0.4 is 4.74 Å². The first-order valence-electron chi connectivity index (χ1n) is 3.89. The van der Waals surface area contributed by atoms with E-state index in [9.17, 15) is 14.5 Å². The van der Waals surface area contributed by atoms with Crippen LogP contribution in [0.4, 0.5) is 10.1 Å². The molecule has 0 atom stereocenters. The lowest BCUT2D eigenvalue weighted by Crippen LogP contribution is -1.91. The highest BCUT2D eigenvalue weighted by Crippen LogP contribution is 2.24. The fourth-order valence-corrected chi connectivity index (χ4v) is 1.13. The molecule has 78 valence electrons. The third-order valence-electron chi connectivity index (χ3n) is 1.77. The number of rotatable bonds is 3. The zero-order chi connectivity index (χ0) is 10.8. The van der Waals surface area contributed by atoms with E-state index in [1.165, 1.54) is 6.07 Å². The molecule has 0 saturated carbocycles. The summed E-state index contributed by atoms with van der Waals surface area (Å²) < 4.78 is 16.4. The molecule has 2 heterocycles. The van der Waals surface area contributed by atoms with Crippen LogP contribution in [-0.2, 0) is 0 Å². The first kappa shape index (κ1) is 9.31. The quantitative estimate of drug-likeness (QED) is 0.608. The minimum atomic E-state index is -1.05. The standard InChI is InChI=1S/C7H5FN4O3/c8-3-15-7-5-1-4(12(13)14)2-9-6(5)10-11-7/h1-2H,3H2,(H,9,10,11). The molecule has 8 heteroatoms. The Morgan fingerprint density at radius 2 is 2.47 bits per heavy atom. The number of hydrogen-bond donors (Lipinski definition) is 1. The molecular formula is C7H5FN4O3. The van der Waals surface area contributed by atoms with E-state index in [4.69, 9.17) is 0 Å². The number of pyridine rings is 1. The number of alkyl halides is 1. The van der Waals surface area contributed by atoms with E-state index in [1.807, 2.05) is 0 Å². The third kappa shape index (κ3) is 1.56. The molecule has 0 saturated heterocycles. The summed E-state index contributed by atoms with van der Waals surface area (Å²) >= 11 is 0. The molecule has 0 aliphatic heterocycles. The number of H-pyrrole nitrogens is 1. The average Bonchev–Trinajstić information content (AvgIpc) is 2.61. The summed E-state index contributed by atoms with van der Waals surface area (Å²) in [6.45, 7) is -1.05. The number of nitrogens with one attached hydrogen (secondary N) is 1. The Bertz CT molecular complexity index is 512. The number of halogens is 1. The van der Waals surface area contributed by atoms with Crippen molar-refractivity contribution >= 4 is 16.7 Å². The Kier molecular flexibility index (Phi) is 2.16. The zero-order valence-electron chi connectivity index (χ0n) is 7.31. The summed E-state index contributed by atoms with van der Waals surface area (Å²) in [5, 5.41) is 16.8. The SMILES string of the molecule is O=[N+]([O-])c1cnc2[nH]nc(OCF)c2c1. The van der Waals surface area contributed by atoms with Crippen molar-refractivity contribution in [2.24, 2.45) is 0 Å². The van der Waals surface area contributed by atoms with Crippen molar-refractivity contribution < 1.29 is 14.1 Å². The highest BCUT2D eigenvalue weighted by Gasteiger charge is 2.13. The van der Waals surface area contributed by atoms with E-state index >= 15 is 0 Å². The van der Waals surface area contributed by atoms with E-state index in [2.05, 4.69) is 19.9 Å². The van der Waals surface area contributed by atoms with Crippen LogP contribution in [0, 0.1) is 10.1 Å². The van der Waals surface area contributed by atoms with Crippen molar-refractivity contribution in [3.63, 3.8) is 0 Å². The predicted molar refractivity (Wildman–Crippen MR) is 47.1 cm³/mol. The second kappa shape index (κ2) is 3.48. The van der Waals surface area contributed by atoms with Crippen LogP contribution in [0.1, 0.15) is 0 Å². The number of nitro groups is 1. The van der Waals surface area contributed by atoms with E-state index in [0.717, 1.165) is 6.20 Å². The van der Waals surface area contributed by atoms with Crippen LogP contribution >= 0.6 is 0 Å². The molecule has 0 spiro atoms. The highest BCUT2D eigenvalue weighted by atomic mass is 19.1. The van der Waals surface area contributed by atoms with Gasteiger partial charge in [-0.15, -0.1) is 5.10 Å². The molecule has 1 N–H and O–H groups in total. The molecule has 2 aromatic rings. The molecule has 0 fully saturated rings. The zero-order valence-corrected chi connectivity index (χ0v) is 7.31. The summed E-state index contributed by atoms with van der Waals surface area (Å²) in [5.41, 5.74) is 0.108. The van der Waals surface area contributed by atoms with Crippen LogP contribution in [0.15, 0.2) is 12.3 Å². The van der Waals surface area contributed by atoms with Gasteiger partial charge in [0.25, 0.3) is 5.69 Å². The van der Waals surface area contributed by atoms with Gasteiger partial charge in [0.05, 0.1) is 10.3 Å². The van der Waals surface area contributed by atoms with Gasteiger partial charge in [-0.05, 0) is 0 Å². The van der Waals surface area contributed by atoms with Crippen LogP contribution in [0.5, 0.6) is 5.88 Å². The lowest BCUT2D eigenvalue weighted by atomic mass is 10.3. The van der Waals surface area contributed by atoms with Gasteiger partial charge < -0.3 is 4.74 Å². The Morgan fingerprint density at radius 3 is 3.13 bits per heavy atom. The molecule has 7 nitrogen and oxygen atoms in total. The Hall–Kier alpha value is -2.25. The topological polar surface area (TPSA) is 93.9 Å². The number of hydrogen-bond acceptors (Lipinski definition) is 5. The van der Waals surface area contributed by atoms with Crippen LogP contribution in [0.25, 0.3) is 11.0 Å². The number of nitrogens with zero attached hydrogens (tertiary/aromatic N) is 3. The van der Waals surface area contributed by atoms with Gasteiger partial charge in [-0.1, -0.05) is 0 Å². The van der Waals surface area contributed by atoms with Gasteiger partial charge >= 0.3 is 0 Å². The maximum atomic E-state index is 11.9. The Balaban J connectivity index is 2.56. The van der Waals surface area contributed by atoms with Crippen LogP contribution in [-0.4, -0.2) is 27.0 Å². The maximum absolute atomic E-state index is 11.9. The van der Waals surface area contributed by atoms with Crippen molar-refractivity contribution in [1.82, 2.24) is 15.2 Å². The molecule has 0 aromatic carbocycles. The molecule has 0 radical (unpaired) electrons. The first-order chi connectivity index (χ1) is 7.22. The van der Waals surface area contributed by atoms with Gasteiger partial charge in [0.2, 0.25) is 12.7 Å². The Morgan fingerprint density at radius 1 is 1.67 bits per heavy atom. The molecular weight excluding hydrogens is 207 g/mol. The summed E-state index contributed by atoms with van der Waals surface area (Å²) in [6.07, 6.45) is 1.08. The maximum Gasteiger partial charge on any atom is 0.288 e. The van der Waals surface area contributed by atoms with E-state index in [-0.39, 0.29) is 17.0 Å². The fourth-order valence-electron chi connectivity index (χ4n) is 1.13. The Labute approximate surface area is 82.0 Å². The largest absolute Gasteiger partial charge is 0.444 e. The van der Waals surface area contributed by atoms with Crippen LogP contribution in [0.2, 0.25) is 0 Å². The van der Waals surface area contributed by atoms with Gasteiger partial charge in [0, 0.05) is 6.07 Å². The number of aromatic amines is 1. The van der Waals surface area contributed by atoms with E-state index in [0.29, 0.717) is 5.65 Å². The molecule has 15 heavy (non-hydrogen) atoms. The van der Waals surface area contributed by atoms with Crippen molar-refractivity contribution in [2.75, 3.05) is 6.86 Å². The van der Waals surface area contributed by atoms with Crippen LogP contribution in [0.3, 0.4) is 0 Å². The van der Waals surface area contributed by atoms with Gasteiger partial charge in [-0.2, -0.15) is 0 Å². The van der Waals surface area contributed by atoms with E-state index < -0.39 is 11.8 Å². The third-order valence-corrected chi connectivity index (χ3v) is 1.77. The average molecular weight is 212 g/mol. The summed E-state index contributed by atoms with van der Waals surface area (Å²) in [6, 6.07) is 1.22. The van der Waals surface area contributed by atoms with E-state index in [1.54, 1.807) is 0 Å². The predicted octanol–water partition coefficient (Wildman–Crippen LogP) is 1.17.